The predicted molar refractivity (Wildman–Crippen MR) is 57.7 cm³/mol. The first-order chi connectivity index (χ1) is 6.56. The van der Waals surface area contributed by atoms with Gasteiger partial charge in [0.05, 0.1) is 12.7 Å². The van der Waals surface area contributed by atoms with Gasteiger partial charge >= 0.3 is 0 Å². The number of hydrogen-bond donors (Lipinski definition) is 1. The maximum Gasteiger partial charge on any atom is 0.125 e. The number of benzene rings is 1. The van der Waals surface area contributed by atoms with Crippen LogP contribution < -0.4 is 4.74 Å². The third kappa shape index (κ3) is 2.26. The van der Waals surface area contributed by atoms with Gasteiger partial charge in [-0.2, -0.15) is 0 Å². The number of aliphatic hydroxyl groups excluding tert-OH is 1. The highest BCUT2D eigenvalue weighted by atomic mass is 16.5. The molecule has 2 heteroatoms. The lowest BCUT2D eigenvalue weighted by molar-refractivity contribution is 0.199. The molecule has 0 bridgehead atoms. The van der Waals surface area contributed by atoms with Crippen molar-refractivity contribution in [3.8, 4) is 5.75 Å². The molecular weight excluding hydrogens is 176 g/mol. The van der Waals surface area contributed by atoms with Gasteiger partial charge in [-0.3, -0.25) is 0 Å². The monoisotopic (exact) mass is 194 g/mol. The summed E-state index contributed by atoms with van der Waals surface area (Å²) in [5, 5.41) is 9.45. The Morgan fingerprint density at radius 3 is 2.14 bits per heavy atom. The van der Waals surface area contributed by atoms with Crippen molar-refractivity contribution < 1.29 is 9.84 Å². The van der Waals surface area contributed by atoms with Crippen molar-refractivity contribution in [1.82, 2.24) is 0 Å². The second kappa shape index (κ2) is 4.47. The first kappa shape index (κ1) is 11.1. The molecule has 1 atom stereocenters. The predicted octanol–water partition coefficient (Wildman–Crippen LogP) is 2.76. The van der Waals surface area contributed by atoms with Gasteiger partial charge in [-0.15, -0.1) is 0 Å². The minimum Gasteiger partial charge on any atom is -0.493 e. The van der Waals surface area contributed by atoms with Crippen molar-refractivity contribution in [1.29, 1.82) is 0 Å². The Balaban J connectivity index is 3.11. The lowest BCUT2D eigenvalue weighted by atomic mass is 10.0. The second-order valence-electron chi connectivity index (χ2n) is 3.59. The smallest absolute Gasteiger partial charge is 0.125 e. The fourth-order valence-electron chi connectivity index (χ4n) is 1.60. The summed E-state index contributed by atoms with van der Waals surface area (Å²) in [6.45, 7) is 8.43. The normalized spacial score (nSPS) is 12.6. The molecule has 0 aliphatic rings. The van der Waals surface area contributed by atoms with E-state index in [0.29, 0.717) is 6.61 Å². The minimum atomic E-state index is -0.414. The number of rotatable bonds is 3. The van der Waals surface area contributed by atoms with Crippen LogP contribution >= 0.6 is 0 Å². The van der Waals surface area contributed by atoms with E-state index in [9.17, 15) is 5.11 Å². The molecule has 1 aromatic rings. The van der Waals surface area contributed by atoms with E-state index in [1.807, 2.05) is 32.9 Å². The average molecular weight is 194 g/mol. The molecule has 14 heavy (non-hydrogen) atoms. The first-order valence-electron chi connectivity index (χ1n) is 4.98. The van der Waals surface area contributed by atoms with E-state index in [0.717, 1.165) is 22.4 Å². The van der Waals surface area contributed by atoms with Gasteiger partial charge in [0.25, 0.3) is 0 Å². The van der Waals surface area contributed by atoms with Crippen molar-refractivity contribution in [2.45, 2.75) is 33.8 Å². The van der Waals surface area contributed by atoms with Crippen LogP contribution in [0.1, 0.15) is 36.6 Å². The van der Waals surface area contributed by atoms with Gasteiger partial charge in [-0.1, -0.05) is 0 Å². The van der Waals surface area contributed by atoms with Crippen LogP contribution in [0.15, 0.2) is 12.1 Å². The number of aliphatic hydroxyl groups is 1. The van der Waals surface area contributed by atoms with E-state index in [4.69, 9.17) is 4.74 Å². The molecule has 0 fully saturated rings. The molecule has 0 unspecified atom stereocenters. The SMILES string of the molecule is CCOc1c(C)cc([C@@H](C)O)cc1C. The van der Waals surface area contributed by atoms with Gasteiger partial charge < -0.3 is 9.84 Å². The lowest BCUT2D eigenvalue weighted by Gasteiger charge is -2.14. The quantitative estimate of drug-likeness (QED) is 0.801. The van der Waals surface area contributed by atoms with Gasteiger partial charge in [0.2, 0.25) is 0 Å². The molecule has 0 amide bonds. The standard InChI is InChI=1S/C12H18O2/c1-5-14-12-8(2)6-11(10(4)13)7-9(12)3/h6-7,10,13H,5H2,1-4H3/t10-/m1/s1. The molecule has 78 valence electrons. The van der Waals surface area contributed by atoms with Crippen molar-refractivity contribution in [3.63, 3.8) is 0 Å². The molecule has 1 N–H and O–H groups in total. The third-order valence-electron chi connectivity index (χ3n) is 2.25. The summed E-state index contributed by atoms with van der Waals surface area (Å²) in [6.07, 6.45) is -0.414. The Hall–Kier alpha value is -1.02. The summed E-state index contributed by atoms with van der Waals surface area (Å²) >= 11 is 0. The maximum atomic E-state index is 9.45. The molecule has 1 aromatic carbocycles. The minimum absolute atomic E-state index is 0.414. The van der Waals surface area contributed by atoms with Crippen LogP contribution in [0.2, 0.25) is 0 Å². The van der Waals surface area contributed by atoms with Crippen molar-refractivity contribution in [2.75, 3.05) is 6.61 Å². The fraction of sp³-hybridized carbons (Fsp3) is 0.500. The fourth-order valence-corrected chi connectivity index (χ4v) is 1.60. The lowest BCUT2D eigenvalue weighted by Crippen LogP contribution is -1.99. The molecule has 1 rings (SSSR count). The molecule has 0 aliphatic heterocycles. The Morgan fingerprint density at radius 1 is 1.29 bits per heavy atom. The zero-order valence-corrected chi connectivity index (χ0v) is 9.29. The number of hydrogen-bond acceptors (Lipinski definition) is 2. The van der Waals surface area contributed by atoms with E-state index >= 15 is 0 Å². The summed E-state index contributed by atoms with van der Waals surface area (Å²) < 4.78 is 5.52. The van der Waals surface area contributed by atoms with E-state index < -0.39 is 6.10 Å². The molecule has 0 saturated heterocycles. The van der Waals surface area contributed by atoms with Crippen LogP contribution in [0.3, 0.4) is 0 Å². The summed E-state index contributed by atoms with van der Waals surface area (Å²) in [5.74, 6) is 0.942. The number of ether oxygens (including phenoxy) is 1. The topological polar surface area (TPSA) is 29.5 Å². The summed E-state index contributed by atoms with van der Waals surface area (Å²) in [5.41, 5.74) is 3.12. The van der Waals surface area contributed by atoms with Crippen LogP contribution in [0, 0.1) is 13.8 Å². The molecule has 2 nitrogen and oxygen atoms in total. The van der Waals surface area contributed by atoms with Crippen molar-refractivity contribution in [2.24, 2.45) is 0 Å². The third-order valence-corrected chi connectivity index (χ3v) is 2.25. The van der Waals surface area contributed by atoms with Crippen LogP contribution in [-0.2, 0) is 0 Å². The molecule has 0 heterocycles. The largest absolute Gasteiger partial charge is 0.493 e. The highest BCUT2D eigenvalue weighted by Gasteiger charge is 2.08. The van der Waals surface area contributed by atoms with Gasteiger partial charge in [-0.25, -0.2) is 0 Å². The molecular formula is C12H18O2. The molecule has 0 aromatic heterocycles. The van der Waals surface area contributed by atoms with Crippen LogP contribution in [-0.4, -0.2) is 11.7 Å². The van der Waals surface area contributed by atoms with Gasteiger partial charge in [0.15, 0.2) is 0 Å². The van der Waals surface area contributed by atoms with Crippen molar-refractivity contribution >= 4 is 0 Å². The number of aryl methyl sites for hydroxylation is 2. The second-order valence-corrected chi connectivity index (χ2v) is 3.59. The van der Waals surface area contributed by atoms with Gasteiger partial charge in [-0.05, 0) is 56.5 Å². The zero-order valence-electron chi connectivity index (χ0n) is 9.29. The Bertz CT molecular complexity index is 293. The Morgan fingerprint density at radius 2 is 1.79 bits per heavy atom. The molecule has 0 saturated carbocycles. The Labute approximate surface area is 85.5 Å². The van der Waals surface area contributed by atoms with Gasteiger partial charge in [0, 0.05) is 0 Å². The highest BCUT2D eigenvalue weighted by Crippen LogP contribution is 2.27. The van der Waals surface area contributed by atoms with Crippen molar-refractivity contribution in [3.05, 3.63) is 28.8 Å². The molecule has 0 spiro atoms. The summed E-state index contributed by atoms with van der Waals surface area (Å²) in [7, 11) is 0. The van der Waals surface area contributed by atoms with E-state index in [-0.39, 0.29) is 0 Å². The summed E-state index contributed by atoms with van der Waals surface area (Å²) in [4.78, 5) is 0. The highest BCUT2D eigenvalue weighted by molar-refractivity contribution is 5.43. The molecule has 0 aliphatic carbocycles. The van der Waals surface area contributed by atoms with Crippen LogP contribution in [0.4, 0.5) is 0 Å². The van der Waals surface area contributed by atoms with Gasteiger partial charge in [0.1, 0.15) is 5.75 Å². The van der Waals surface area contributed by atoms with E-state index in [1.165, 1.54) is 0 Å². The first-order valence-corrected chi connectivity index (χ1v) is 4.98. The van der Waals surface area contributed by atoms with Crippen LogP contribution in [0.5, 0.6) is 5.75 Å². The van der Waals surface area contributed by atoms with Crippen LogP contribution in [0.25, 0.3) is 0 Å². The molecule has 0 radical (unpaired) electrons. The zero-order chi connectivity index (χ0) is 10.7. The van der Waals surface area contributed by atoms with E-state index in [2.05, 4.69) is 0 Å². The maximum absolute atomic E-state index is 9.45. The van der Waals surface area contributed by atoms with E-state index in [1.54, 1.807) is 6.92 Å². The summed E-state index contributed by atoms with van der Waals surface area (Å²) in [6, 6.07) is 3.95. The Kier molecular flexibility index (Phi) is 3.53. The average Bonchev–Trinajstić information content (AvgIpc) is 2.10.